The van der Waals surface area contributed by atoms with Crippen LogP contribution in [0, 0.1) is 6.92 Å². The third-order valence-corrected chi connectivity index (χ3v) is 2.36. The Kier molecular flexibility index (Phi) is 4.58. The summed E-state index contributed by atoms with van der Waals surface area (Å²) in [5, 5.41) is 12.0. The van der Waals surface area contributed by atoms with E-state index in [9.17, 15) is 4.79 Å². The fraction of sp³-hybridized carbons (Fsp3) is 0.308. The van der Waals surface area contributed by atoms with Crippen LogP contribution in [0.3, 0.4) is 0 Å². The number of benzene rings is 1. The van der Waals surface area contributed by atoms with Crippen LogP contribution in [-0.4, -0.2) is 17.6 Å². The molecule has 2 N–H and O–H groups in total. The molecular formula is C13H17NO2. The molecule has 0 aromatic heterocycles. The van der Waals surface area contributed by atoms with Gasteiger partial charge in [0.2, 0.25) is 0 Å². The molecule has 0 bridgehead atoms. The zero-order valence-corrected chi connectivity index (χ0v) is 9.66. The van der Waals surface area contributed by atoms with Crippen LogP contribution in [0.15, 0.2) is 35.9 Å². The first-order chi connectivity index (χ1) is 7.63. The van der Waals surface area contributed by atoms with Gasteiger partial charge in [0.15, 0.2) is 0 Å². The Bertz CT molecular complexity index is 379. The van der Waals surface area contributed by atoms with Crippen LogP contribution in [0.2, 0.25) is 0 Å². The van der Waals surface area contributed by atoms with Crippen LogP contribution in [0.25, 0.3) is 0 Å². The van der Waals surface area contributed by atoms with Crippen molar-refractivity contribution in [1.82, 2.24) is 0 Å². The molecule has 0 amide bonds. The standard InChI is InChI=1S/C13H17NO2/c1-3-11(13(15)16)8-9-14-12-6-4-10(2)5-7-12/h4-8,14H,3,9H2,1-2H3,(H,15,16)/b11-8-. The van der Waals surface area contributed by atoms with Crippen molar-refractivity contribution in [2.24, 2.45) is 0 Å². The van der Waals surface area contributed by atoms with Crippen molar-refractivity contribution in [1.29, 1.82) is 0 Å². The molecule has 0 atom stereocenters. The molecule has 3 nitrogen and oxygen atoms in total. The molecule has 1 aromatic carbocycles. The van der Waals surface area contributed by atoms with Crippen molar-refractivity contribution < 1.29 is 9.90 Å². The minimum absolute atomic E-state index is 0.444. The zero-order valence-electron chi connectivity index (χ0n) is 9.66. The van der Waals surface area contributed by atoms with E-state index in [1.807, 2.05) is 38.1 Å². The summed E-state index contributed by atoms with van der Waals surface area (Å²) in [5.74, 6) is -0.840. The van der Waals surface area contributed by atoms with Gasteiger partial charge in [-0.2, -0.15) is 0 Å². The largest absolute Gasteiger partial charge is 0.478 e. The summed E-state index contributed by atoms with van der Waals surface area (Å²) in [4.78, 5) is 10.7. The minimum atomic E-state index is -0.840. The maximum Gasteiger partial charge on any atom is 0.331 e. The van der Waals surface area contributed by atoms with Gasteiger partial charge in [-0.15, -0.1) is 0 Å². The molecule has 0 unspecified atom stereocenters. The van der Waals surface area contributed by atoms with Crippen molar-refractivity contribution >= 4 is 11.7 Å². The molecule has 0 saturated heterocycles. The number of rotatable bonds is 5. The van der Waals surface area contributed by atoms with Gasteiger partial charge in [-0.3, -0.25) is 0 Å². The average molecular weight is 219 g/mol. The molecule has 16 heavy (non-hydrogen) atoms. The number of aliphatic carboxylic acids is 1. The van der Waals surface area contributed by atoms with E-state index in [0.29, 0.717) is 18.5 Å². The Morgan fingerprint density at radius 2 is 2.00 bits per heavy atom. The molecule has 0 fully saturated rings. The van der Waals surface area contributed by atoms with E-state index in [1.165, 1.54) is 5.56 Å². The molecule has 0 aliphatic rings. The summed E-state index contributed by atoms with van der Waals surface area (Å²) in [5.41, 5.74) is 2.66. The van der Waals surface area contributed by atoms with Gasteiger partial charge in [-0.25, -0.2) is 4.79 Å². The molecule has 1 rings (SSSR count). The summed E-state index contributed by atoms with van der Waals surface area (Å²) in [7, 11) is 0. The number of carbonyl (C=O) groups is 1. The summed E-state index contributed by atoms with van der Waals surface area (Å²) >= 11 is 0. The van der Waals surface area contributed by atoms with E-state index in [-0.39, 0.29) is 0 Å². The first-order valence-electron chi connectivity index (χ1n) is 5.36. The first-order valence-corrected chi connectivity index (χ1v) is 5.36. The highest BCUT2D eigenvalue weighted by Crippen LogP contribution is 2.08. The zero-order chi connectivity index (χ0) is 12.0. The minimum Gasteiger partial charge on any atom is -0.478 e. The van der Waals surface area contributed by atoms with Crippen LogP contribution in [-0.2, 0) is 4.79 Å². The lowest BCUT2D eigenvalue weighted by atomic mass is 10.2. The van der Waals surface area contributed by atoms with E-state index >= 15 is 0 Å². The fourth-order valence-corrected chi connectivity index (χ4v) is 1.35. The second kappa shape index (κ2) is 5.95. The predicted octanol–water partition coefficient (Wildman–Crippen LogP) is 2.83. The lowest BCUT2D eigenvalue weighted by Crippen LogP contribution is -2.04. The third-order valence-electron chi connectivity index (χ3n) is 2.36. The van der Waals surface area contributed by atoms with Gasteiger partial charge in [-0.1, -0.05) is 30.7 Å². The highest BCUT2D eigenvalue weighted by Gasteiger charge is 2.02. The van der Waals surface area contributed by atoms with E-state index in [0.717, 1.165) is 5.69 Å². The van der Waals surface area contributed by atoms with Gasteiger partial charge in [-0.05, 0) is 25.5 Å². The van der Waals surface area contributed by atoms with E-state index in [1.54, 1.807) is 6.08 Å². The first kappa shape index (κ1) is 12.3. The van der Waals surface area contributed by atoms with Gasteiger partial charge in [0.1, 0.15) is 0 Å². The number of anilines is 1. The van der Waals surface area contributed by atoms with Crippen molar-refractivity contribution in [3.8, 4) is 0 Å². The molecule has 3 heteroatoms. The Balaban J connectivity index is 2.52. The molecule has 0 radical (unpaired) electrons. The number of aryl methyl sites for hydroxylation is 1. The van der Waals surface area contributed by atoms with Crippen LogP contribution >= 0.6 is 0 Å². The smallest absolute Gasteiger partial charge is 0.331 e. The molecule has 0 aliphatic heterocycles. The summed E-state index contributed by atoms with van der Waals surface area (Å²) in [6.45, 7) is 4.41. The van der Waals surface area contributed by atoms with Crippen molar-refractivity contribution in [2.45, 2.75) is 20.3 Å². The van der Waals surface area contributed by atoms with Crippen molar-refractivity contribution in [3.63, 3.8) is 0 Å². The average Bonchev–Trinajstić information content (AvgIpc) is 2.26. The quantitative estimate of drug-likeness (QED) is 0.749. The predicted molar refractivity (Wildman–Crippen MR) is 65.7 cm³/mol. The molecular weight excluding hydrogens is 202 g/mol. The fourth-order valence-electron chi connectivity index (χ4n) is 1.35. The molecule has 1 aromatic rings. The molecule has 0 saturated carbocycles. The second-order valence-corrected chi connectivity index (χ2v) is 3.63. The van der Waals surface area contributed by atoms with Crippen molar-refractivity contribution in [3.05, 3.63) is 41.5 Å². The maximum absolute atomic E-state index is 10.7. The molecule has 86 valence electrons. The number of carboxylic acids is 1. The number of hydrogen-bond donors (Lipinski definition) is 2. The normalized spacial score (nSPS) is 11.2. The summed E-state index contributed by atoms with van der Waals surface area (Å²) in [6.07, 6.45) is 2.26. The monoisotopic (exact) mass is 219 g/mol. The van der Waals surface area contributed by atoms with E-state index < -0.39 is 5.97 Å². The highest BCUT2D eigenvalue weighted by molar-refractivity contribution is 5.86. The Hall–Kier alpha value is -1.77. The van der Waals surface area contributed by atoms with Gasteiger partial charge in [0, 0.05) is 17.8 Å². The van der Waals surface area contributed by atoms with E-state index in [2.05, 4.69) is 5.32 Å². The van der Waals surface area contributed by atoms with Gasteiger partial charge in [0.25, 0.3) is 0 Å². The number of nitrogens with one attached hydrogen (secondary N) is 1. The lowest BCUT2D eigenvalue weighted by Gasteiger charge is -2.04. The van der Waals surface area contributed by atoms with Gasteiger partial charge < -0.3 is 10.4 Å². The number of hydrogen-bond acceptors (Lipinski definition) is 2. The maximum atomic E-state index is 10.7. The third kappa shape index (κ3) is 3.77. The second-order valence-electron chi connectivity index (χ2n) is 3.63. The Morgan fingerprint density at radius 3 is 2.50 bits per heavy atom. The number of carboxylic acid groups (broad SMARTS) is 1. The highest BCUT2D eigenvalue weighted by atomic mass is 16.4. The van der Waals surface area contributed by atoms with Crippen LogP contribution in [0.5, 0.6) is 0 Å². The Morgan fingerprint density at radius 1 is 1.38 bits per heavy atom. The summed E-state index contributed by atoms with van der Waals surface area (Å²) in [6, 6.07) is 8.00. The molecule has 0 spiro atoms. The van der Waals surface area contributed by atoms with Crippen molar-refractivity contribution in [2.75, 3.05) is 11.9 Å². The van der Waals surface area contributed by atoms with Gasteiger partial charge in [0.05, 0.1) is 0 Å². The Labute approximate surface area is 95.8 Å². The topological polar surface area (TPSA) is 49.3 Å². The van der Waals surface area contributed by atoms with Crippen LogP contribution < -0.4 is 5.32 Å². The summed E-state index contributed by atoms with van der Waals surface area (Å²) < 4.78 is 0. The van der Waals surface area contributed by atoms with Crippen LogP contribution in [0.4, 0.5) is 5.69 Å². The lowest BCUT2D eigenvalue weighted by molar-refractivity contribution is -0.132. The SMILES string of the molecule is CC/C(=C/CNc1ccc(C)cc1)C(=O)O. The van der Waals surface area contributed by atoms with E-state index in [4.69, 9.17) is 5.11 Å². The van der Waals surface area contributed by atoms with Gasteiger partial charge >= 0.3 is 5.97 Å². The molecule has 0 heterocycles. The van der Waals surface area contributed by atoms with Crippen LogP contribution in [0.1, 0.15) is 18.9 Å². The molecule has 0 aliphatic carbocycles.